The van der Waals surface area contributed by atoms with Gasteiger partial charge >= 0.3 is 5.97 Å². The maximum absolute atomic E-state index is 12.7. The van der Waals surface area contributed by atoms with Crippen LogP contribution in [0.4, 0.5) is 0 Å². The normalized spacial score (nSPS) is 15.2. The van der Waals surface area contributed by atoms with E-state index in [0.717, 1.165) is 6.42 Å². The number of thiocarbonyl (C=S) groups is 1. The number of nitrogens with one attached hydrogen (secondary N) is 2. The van der Waals surface area contributed by atoms with Crippen molar-refractivity contribution >= 4 is 51.0 Å². The van der Waals surface area contributed by atoms with Crippen molar-refractivity contribution in [2.75, 3.05) is 26.3 Å². The highest BCUT2D eigenvalue weighted by atomic mass is 79.9. The Hall–Kier alpha value is -2.98. The zero-order valence-electron chi connectivity index (χ0n) is 19.4. The number of carbonyl (C=O) groups excluding carboxylic acids is 3. The van der Waals surface area contributed by atoms with Gasteiger partial charge in [0.1, 0.15) is 11.8 Å². The van der Waals surface area contributed by atoms with Gasteiger partial charge in [0.05, 0.1) is 24.1 Å². The minimum absolute atomic E-state index is 0.0803. The Kier molecular flexibility index (Phi) is 10.0. The average Bonchev–Trinajstić information content (AvgIpc) is 2.85. The molecule has 1 unspecified atom stereocenters. The third-order valence-corrected chi connectivity index (χ3v) is 6.34. The second-order valence-electron chi connectivity index (χ2n) is 7.85. The van der Waals surface area contributed by atoms with Gasteiger partial charge in [0.25, 0.3) is 5.91 Å². The first-order valence-electron chi connectivity index (χ1n) is 11.4. The second kappa shape index (κ2) is 13.2. The average molecular weight is 562 g/mol. The highest BCUT2D eigenvalue weighted by molar-refractivity contribution is 9.10. The number of halogens is 1. The lowest BCUT2D eigenvalue weighted by atomic mass is 10.1. The van der Waals surface area contributed by atoms with Crippen LogP contribution in [0, 0.1) is 0 Å². The predicted octanol–water partition coefficient (Wildman–Crippen LogP) is 3.23. The lowest BCUT2D eigenvalue weighted by molar-refractivity contribution is -0.147. The zero-order valence-corrected chi connectivity index (χ0v) is 21.8. The van der Waals surface area contributed by atoms with E-state index in [4.69, 9.17) is 21.7 Å². The summed E-state index contributed by atoms with van der Waals surface area (Å²) in [4.78, 5) is 39.2. The lowest BCUT2D eigenvalue weighted by Crippen LogP contribution is -2.60. The molecule has 2 aromatic rings. The number of carbonyl (C=O) groups is 3. The van der Waals surface area contributed by atoms with Crippen LogP contribution in [0.25, 0.3) is 0 Å². The number of nitrogens with zero attached hydrogens (tertiary/aromatic N) is 1. The Morgan fingerprint density at radius 2 is 2.00 bits per heavy atom. The van der Waals surface area contributed by atoms with E-state index >= 15 is 0 Å². The molecule has 0 aliphatic carbocycles. The molecule has 10 heteroatoms. The molecular formula is C25H28BrN3O5S. The van der Waals surface area contributed by atoms with Crippen LogP contribution in [0.3, 0.4) is 0 Å². The number of amides is 2. The number of esters is 1. The maximum atomic E-state index is 12.7. The van der Waals surface area contributed by atoms with Gasteiger partial charge in [0.2, 0.25) is 5.91 Å². The smallest absolute Gasteiger partial charge is 0.308 e. The predicted molar refractivity (Wildman–Crippen MR) is 139 cm³/mol. The van der Waals surface area contributed by atoms with E-state index in [2.05, 4.69) is 26.6 Å². The molecule has 2 amide bonds. The highest BCUT2D eigenvalue weighted by Gasteiger charge is 2.34. The fourth-order valence-corrected chi connectivity index (χ4v) is 4.44. The van der Waals surface area contributed by atoms with E-state index in [-0.39, 0.29) is 24.0 Å². The number of rotatable bonds is 9. The van der Waals surface area contributed by atoms with Gasteiger partial charge < -0.3 is 19.7 Å². The van der Waals surface area contributed by atoms with Crippen LogP contribution < -0.4 is 15.4 Å². The summed E-state index contributed by atoms with van der Waals surface area (Å²) in [5.41, 5.74) is 1.54. The molecule has 35 heavy (non-hydrogen) atoms. The summed E-state index contributed by atoms with van der Waals surface area (Å²) in [5, 5.41) is 5.48. The maximum Gasteiger partial charge on any atom is 0.308 e. The summed E-state index contributed by atoms with van der Waals surface area (Å²) in [7, 11) is 0. The summed E-state index contributed by atoms with van der Waals surface area (Å²) in [6.45, 7) is 3.35. The number of ether oxygens (including phenoxy) is 2. The summed E-state index contributed by atoms with van der Waals surface area (Å²) < 4.78 is 11.5. The number of hydrogen-bond donors (Lipinski definition) is 2. The molecule has 1 aliphatic rings. The van der Waals surface area contributed by atoms with Crippen molar-refractivity contribution in [3.8, 4) is 5.75 Å². The molecule has 1 heterocycles. The third kappa shape index (κ3) is 7.76. The fourth-order valence-electron chi connectivity index (χ4n) is 3.64. The summed E-state index contributed by atoms with van der Waals surface area (Å²) in [6.07, 6.45) is 1.31. The molecule has 0 aromatic heterocycles. The van der Waals surface area contributed by atoms with Crippen LogP contribution in [-0.4, -0.2) is 60.1 Å². The first-order valence-corrected chi connectivity index (χ1v) is 12.6. The van der Waals surface area contributed by atoms with Gasteiger partial charge in [-0.05, 0) is 71.7 Å². The zero-order chi connectivity index (χ0) is 25.2. The van der Waals surface area contributed by atoms with E-state index in [0.29, 0.717) is 41.9 Å². The quantitative estimate of drug-likeness (QED) is 0.275. The van der Waals surface area contributed by atoms with Crippen LogP contribution in [0.15, 0.2) is 53.0 Å². The van der Waals surface area contributed by atoms with Gasteiger partial charge in [-0.25, -0.2) is 0 Å². The highest BCUT2D eigenvalue weighted by Crippen LogP contribution is 2.26. The standard InChI is InChI=1S/C25H28BrN3O5S/c1-2-33-21-11-10-18(15-19(21)26)23(31)28-25(35)29-13-12-27-24(32)20(29)16-22(30)34-14-6-9-17-7-4-3-5-8-17/h3-5,7-8,10-11,15,20H,2,6,9,12-14,16H2,1H3,(H,27,32)(H,28,31,35). The van der Waals surface area contributed by atoms with Crippen molar-refractivity contribution in [1.82, 2.24) is 15.5 Å². The van der Waals surface area contributed by atoms with Crippen molar-refractivity contribution in [2.24, 2.45) is 0 Å². The molecule has 0 spiro atoms. The van der Waals surface area contributed by atoms with Gasteiger partial charge in [-0.1, -0.05) is 30.3 Å². The molecule has 2 N–H and O–H groups in total. The topological polar surface area (TPSA) is 97.0 Å². The van der Waals surface area contributed by atoms with Crippen molar-refractivity contribution in [1.29, 1.82) is 0 Å². The van der Waals surface area contributed by atoms with E-state index < -0.39 is 17.9 Å². The largest absolute Gasteiger partial charge is 0.493 e. The van der Waals surface area contributed by atoms with Crippen molar-refractivity contribution in [2.45, 2.75) is 32.2 Å². The molecule has 0 radical (unpaired) electrons. The first-order chi connectivity index (χ1) is 16.9. The Morgan fingerprint density at radius 1 is 1.23 bits per heavy atom. The van der Waals surface area contributed by atoms with Crippen molar-refractivity contribution in [3.63, 3.8) is 0 Å². The second-order valence-corrected chi connectivity index (χ2v) is 9.09. The van der Waals surface area contributed by atoms with Gasteiger partial charge in [-0.2, -0.15) is 0 Å². The molecule has 1 aliphatic heterocycles. The number of benzene rings is 2. The fraction of sp³-hybridized carbons (Fsp3) is 0.360. The van der Waals surface area contributed by atoms with Crippen LogP contribution in [0.1, 0.15) is 35.7 Å². The summed E-state index contributed by atoms with van der Waals surface area (Å²) in [6, 6.07) is 14.0. The van der Waals surface area contributed by atoms with E-state index in [9.17, 15) is 14.4 Å². The molecule has 1 saturated heterocycles. The molecule has 8 nitrogen and oxygen atoms in total. The first kappa shape index (κ1) is 26.6. The lowest BCUT2D eigenvalue weighted by Gasteiger charge is -2.36. The Morgan fingerprint density at radius 3 is 2.71 bits per heavy atom. The molecule has 186 valence electrons. The molecular weight excluding hydrogens is 534 g/mol. The number of hydrogen-bond acceptors (Lipinski definition) is 6. The van der Waals surface area contributed by atoms with Crippen LogP contribution in [0.5, 0.6) is 5.75 Å². The van der Waals surface area contributed by atoms with E-state index in [1.54, 1.807) is 23.1 Å². The number of piperazine rings is 1. The molecule has 2 aromatic carbocycles. The van der Waals surface area contributed by atoms with Gasteiger partial charge in [0, 0.05) is 18.7 Å². The molecule has 0 bridgehead atoms. The molecule has 1 fully saturated rings. The Bertz CT molecular complexity index is 1070. The Labute approximate surface area is 218 Å². The minimum atomic E-state index is -0.856. The molecule has 3 rings (SSSR count). The van der Waals surface area contributed by atoms with Gasteiger partial charge in [0.15, 0.2) is 5.11 Å². The van der Waals surface area contributed by atoms with E-state index in [1.807, 2.05) is 37.3 Å². The van der Waals surface area contributed by atoms with E-state index in [1.165, 1.54) is 5.56 Å². The summed E-state index contributed by atoms with van der Waals surface area (Å²) >= 11 is 8.81. The third-order valence-electron chi connectivity index (χ3n) is 5.38. The molecule has 0 saturated carbocycles. The minimum Gasteiger partial charge on any atom is -0.493 e. The van der Waals surface area contributed by atoms with Crippen LogP contribution in [0.2, 0.25) is 0 Å². The Balaban J connectivity index is 1.54. The van der Waals surface area contributed by atoms with Crippen molar-refractivity contribution < 1.29 is 23.9 Å². The number of aryl methyl sites for hydroxylation is 1. The van der Waals surface area contributed by atoms with Crippen molar-refractivity contribution in [3.05, 3.63) is 64.1 Å². The molecule has 1 atom stereocenters. The monoisotopic (exact) mass is 561 g/mol. The SMILES string of the molecule is CCOc1ccc(C(=O)NC(=S)N2CCNC(=O)C2CC(=O)OCCCc2ccccc2)cc1Br. The van der Waals surface area contributed by atoms with Gasteiger partial charge in [-0.15, -0.1) is 0 Å². The van der Waals surface area contributed by atoms with Gasteiger partial charge in [-0.3, -0.25) is 19.7 Å². The van der Waals surface area contributed by atoms with Crippen LogP contribution >= 0.6 is 28.1 Å². The summed E-state index contributed by atoms with van der Waals surface area (Å²) in [5.74, 6) is -0.624. The van der Waals surface area contributed by atoms with Crippen LogP contribution in [-0.2, 0) is 20.7 Å².